The Morgan fingerprint density at radius 1 is 0.654 bits per heavy atom. The van der Waals surface area contributed by atoms with E-state index in [1.54, 1.807) is 0 Å². The molecule has 4 aromatic heterocycles. The minimum Gasteiger partial charge on any atom is -0.266 e. The molecule has 0 saturated carbocycles. The number of nitrogens with zero attached hydrogens (tertiary/aromatic N) is 7. The van der Waals surface area contributed by atoms with E-state index in [2.05, 4.69) is 11.9 Å². The number of guanidine groups is 1. The lowest BCUT2D eigenvalue weighted by Gasteiger charge is -2.34. The summed E-state index contributed by atoms with van der Waals surface area (Å²) in [5.41, 5.74) is 0. The van der Waals surface area contributed by atoms with Crippen LogP contribution in [0.25, 0.3) is 0 Å². The van der Waals surface area contributed by atoms with Gasteiger partial charge in [-0.1, -0.05) is 0 Å². The van der Waals surface area contributed by atoms with Crippen LogP contribution in [0.3, 0.4) is 0 Å². The van der Waals surface area contributed by atoms with Crippen molar-refractivity contribution >= 4 is 5.96 Å². The Labute approximate surface area is 152 Å². The highest BCUT2D eigenvalue weighted by Crippen LogP contribution is 2.07. The van der Waals surface area contributed by atoms with Gasteiger partial charge in [-0.05, 0) is 55.5 Å². The van der Waals surface area contributed by atoms with Crippen LogP contribution in [-0.4, -0.2) is 31.2 Å². The lowest BCUT2D eigenvalue weighted by atomic mass is 10.6. The van der Waals surface area contributed by atoms with Crippen LogP contribution in [0.4, 0.5) is 0 Å². The normalized spacial score (nSPS) is 11.7. The SMILES string of the molecule is CCN(C(=Nn1cccc1)N(n1cccc1)n1cccc1)n1cccc1. The fourth-order valence-corrected chi connectivity index (χ4v) is 2.81. The highest BCUT2D eigenvalue weighted by atomic mass is 15.8. The first kappa shape index (κ1) is 15.9. The van der Waals surface area contributed by atoms with Gasteiger partial charge in [-0.15, -0.1) is 10.2 Å². The van der Waals surface area contributed by atoms with Gasteiger partial charge in [0.2, 0.25) is 0 Å². The van der Waals surface area contributed by atoms with Crippen LogP contribution in [0.2, 0.25) is 0 Å². The highest BCUT2D eigenvalue weighted by Gasteiger charge is 2.22. The van der Waals surface area contributed by atoms with E-state index in [9.17, 15) is 0 Å². The van der Waals surface area contributed by atoms with Gasteiger partial charge in [-0.25, -0.2) is 19.0 Å². The van der Waals surface area contributed by atoms with Crippen molar-refractivity contribution in [2.45, 2.75) is 6.92 Å². The molecular weight excluding hydrogens is 326 g/mol. The van der Waals surface area contributed by atoms with Crippen molar-refractivity contribution in [1.29, 1.82) is 0 Å². The van der Waals surface area contributed by atoms with Gasteiger partial charge in [0.1, 0.15) is 0 Å². The van der Waals surface area contributed by atoms with Crippen LogP contribution in [0.1, 0.15) is 6.92 Å². The van der Waals surface area contributed by atoms with E-state index >= 15 is 0 Å². The number of hydrogen-bond donors (Lipinski definition) is 0. The molecule has 0 unspecified atom stereocenters. The summed E-state index contributed by atoms with van der Waals surface area (Å²) < 4.78 is 7.83. The Hall–Kier alpha value is -3.61. The third-order valence-corrected chi connectivity index (χ3v) is 3.99. The molecule has 0 spiro atoms. The lowest BCUT2D eigenvalue weighted by Crippen LogP contribution is -2.56. The summed E-state index contributed by atoms with van der Waals surface area (Å²) in [5, 5.41) is 8.98. The van der Waals surface area contributed by atoms with Crippen molar-refractivity contribution in [3.8, 4) is 0 Å². The minimum absolute atomic E-state index is 0.743. The van der Waals surface area contributed by atoms with Crippen molar-refractivity contribution in [3.05, 3.63) is 98.1 Å². The first-order valence-electron chi connectivity index (χ1n) is 8.56. The zero-order valence-corrected chi connectivity index (χ0v) is 14.6. The van der Waals surface area contributed by atoms with Crippen LogP contribution >= 0.6 is 0 Å². The Morgan fingerprint density at radius 2 is 1.08 bits per heavy atom. The summed E-state index contributed by atoms with van der Waals surface area (Å²) >= 11 is 0. The van der Waals surface area contributed by atoms with Crippen molar-refractivity contribution < 1.29 is 0 Å². The average molecular weight is 347 g/mol. The molecule has 0 aliphatic rings. The predicted octanol–water partition coefficient (Wildman–Crippen LogP) is 2.77. The highest BCUT2D eigenvalue weighted by molar-refractivity contribution is 5.97. The van der Waals surface area contributed by atoms with Crippen molar-refractivity contribution in [3.63, 3.8) is 0 Å². The van der Waals surface area contributed by atoms with Gasteiger partial charge < -0.3 is 0 Å². The second kappa shape index (κ2) is 7.10. The monoisotopic (exact) mass is 347 g/mol. The molecule has 4 heterocycles. The van der Waals surface area contributed by atoms with E-state index in [1.807, 2.05) is 122 Å². The standard InChI is InChI=1S/C19H21N7/c1-2-25(22-13-5-6-14-22)19(20-21-11-3-4-12-21)26(23-15-7-8-16-23)24-17-9-10-18-24/h3-18H,2H2,1H3. The molecule has 0 N–H and O–H groups in total. The van der Waals surface area contributed by atoms with Gasteiger partial charge in [0.25, 0.3) is 5.96 Å². The van der Waals surface area contributed by atoms with E-state index in [4.69, 9.17) is 5.10 Å². The van der Waals surface area contributed by atoms with Crippen LogP contribution in [0.5, 0.6) is 0 Å². The number of hydrogen-bond acceptors (Lipinski definition) is 1. The Kier molecular flexibility index (Phi) is 4.34. The summed E-state index contributed by atoms with van der Waals surface area (Å²) in [6.07, 6.45) is 15.9. The zero-order valence-electron chi connectivity index (χ0n) is 14.6. The second-order valence-corrected chi connectivity index (χ2v) is 5.66. The molecule has 0 fully saturated rings. The average Bonchev–Trinajstić information content (AvgIpc) is 3.44. The summed E-state index contributed by atoms with van der Waals surface area (Å²) in [6.45, 7) is 2.85. The molecule has 7 heteroatoms. The molecule has 132 valence electrons. The van der Waals surface area contributed by atoms with E-state index in [0.717, 1.165) is 12.5 Å². The molecule has 0 aliphatic carbocycles. The van der Waals surface area contributed by atoms with Crippen LogP contribution in [0.15, 0.2) is 103 Å². The predicted molar refractivity (Wildman–Crippen MR) is 103 cm³/mol. The largest absolute Gasteiger partial charge is 0.278 e. The zero-order chi connectivity index (χ0) is 17.8. The molecule has 0 saturated heterocycles. The summed E-state index contributed by atoms with van der Waals surface area (Å²) in [6, 6.07) is 15.9. The minimum atomic E-state index is 0.743. The molecule has 0 aromatic carbocycles. The maximum Gasteiger partial charge on any atom is 0.278 e. The summed E-state index contributed by atoms with van der Waals surface area (Å²) in [5.74, 6) is 0.743. The molecule has 0 amide bonds. The molecule has 0 aliphatic heterocycles. The fourth-order valence-electron chi connectivity index (χ4n) is 2.81. The Morgan fingerprint density at radius 3 is 1.54 bits per heavy atom. The Balaban J connectivity index is 1.88. The van der Waals surface area contributed by atoms with Gasteiger partial charge in [-0.2, -0.15) is 0 Å². The lowest BCUT2D eigenvalue weighted by molar-refractivity contribution is 0.590. The van der Waals surface area contributed by atoms with Crippen LogP contribution in [0, 0.1) is 0 Å². The van der Waals surface area contributed by atoms with E-state index in [1.165, 1.54) is 0 Å². The smallest absolute Gasteiger partial charge is 0.266 e. The molecule has 26 heavy (non-hydrogen) atoms. The van der Waals surface area contributed by atoms with E-state index in [-0.39, 0.29) is 0 Å². The van der Waals surface area contributed by atoms with Gasteiger partial charge in [-0.3, -0.25) is 4.68 Å². The first-order valence-corrected chi connectivity index (χ1v) is 8.56. The maximum atomic E-state index is 4.88. The van der Waals surface area contributed by atoms with Crippen molar-refractivity contribution in [2.24, 2.45) is 5.10 Å². The second-order valence-electron chi connectivity index (χ2n) is 5.66. The van der Waals surface area contributed by atoms with E-state index in [0.29, 0.717) is 0 Å². The van der Waals surface area contributed by atoms with Crippen LogP contribution in [-0.2, 0) is 0 Å². The topological polar surface area (TPSA) is 38.6 Å². The molecule has 0 atom stereocenters. The number of rotatable bonds is 5. The molecule has 4 rings (SSSR count). The summed E-state index contributed by atoms with van der Waals surface area (Å²) in [7, 11) is 0. The third kappa shape index (κ3) is 3.02. The van der Waals surface area contributed by atoms with E-state index < -0.39 is 0 Å². The van der Waals surface area contributed by atoms with Crippen LogP contribution < -0.4 is 10.1 Å². The molecule has 7 nitrogen and oxygen atoms in total. The van der Waals surface area contributed by atoms with Crippen molar-refractivity contribution in [2.75, 3.05) is 16.7 Å². The summed E-state index contributed by atoms with van der Waals surface area (Å²) in [4.78, 5) is 0. The molecular formula is C19H21N7. The fraction of sp³-hybridized carbons (Fsp3) is 0.105. The molecule has 0 radical (unpaired) electrons. The third-order valence-electron chi connectivity index (χ3n) is 3.99. The van der Waals surface area contributed by atoms with Gasteiger partial charge in [0.05, 0.1) is 0 Å². The first-order chi connectivity index (χ1) is 12.9. The van der Waals surface area contributed by atoms with Gasteiger partial charge >= 0.3 is 0 Å². The molecule has 0 bridgehead atoms. The number of aromatic nitrogens is 4. The Bertz CT molecular complexity index is 882. The van der Waals surface area contributed by atoms with Gasteiger partial charge in [0, 0.05) is 56.1 Å². The molecule has 4 aromatic rings. The van der Waals surface area contributed by atoms with Crippen molar-refractivity contribution in [1.82, 2.24) is 18.7 Å². The maximum absolute atomic E-state index is 4.88. The van der Waals surface area contributed by atoms with Gasteiger partial charge in [0.15, 0.2) is 0 Å². The quantitative estimate of drug-likeness (QED) is 0.411.